The second kappa shape index (κ2) is 5.73. The monoisotopic (exact) mass is 330 g/mol. The molecule has 0 spiro atoms. The highest BCUT2D eigenvalue weighted by Gasteiger charge is 2.37. The SMILES string of the molecule is C[C@@H](c1ccco1)N(C(=O)NCc1cn2ccsc2n1)C1CC1. The Morgan fingerprint density at radius 3 is 3.17 bits per heavy atom. The number of nitrogens with zero attached hydrogens (tertiary/aromatic N) is 3. The fraction of sp³-hybridized carbons (Fsp3) is 0.375. The van der Waals surface area contributed by atoms with Gasteiger partial charge in [-0.1, -0.05) is 0 Å². The average molecular weight is 330 g/mol. The third-order valence-electron chi connectivity index (χ3n) is 4.11. The molecule has 4 rings (SSSR count). The second-order valence-corrected chi connectivity index (χ2v) is 6.69. The Labute approximate surface area is 137 Å². The van der Waals surface area contributed by atoms with Crippen LogP contribution in [0.5, 0.6) is 0 Å². The number of fused-ring (bicyclic) bond motifs is 1. The van der Waals surface area contributed by atoms with Crippen LogP contribution in [0.15, 0.2) is 40.6 Å². The number of rotatable bonds is 5. The number of hydrogen-bond donors (Lipinski definition) is 1. The van der Waals surface area contributed by atoms with Gasteiger partial charge in [0.25, 0.3) is 0 Å². The summed E-state index contributed by atoms with van der Waals surface area (Å²) in [6, 6.07) is 3.94. The molecule has 0 radical (unpaired) electrons. The molecule has 1 atom stereocenters. The highest BCUT2D eigenvalue weighted by atomic mass is 32.1. The average Bonchev–Trinajstić information content (AvgIpc) is 2.95. The Balaban J connectivity index is 1.44. The van der Waals surface area contributed by atoms with Gasteiger partial charge in [-0.25, -0.2) is 9.78 Å². The number of urea groups is 1. The quantitative estimate of drug-likeness (QED) is 0.779. The summed E-state index contributed by atoms with van der Waals surface area (Å²) in [4.78, 5) is 19.9. The van der Waals surface area contributed by atoms with E-state index in [1.54, 1.807) is 17.6 Å². The van der Waals surface area contributed by atoms with E-state index in [4.69, 9.17) is 4.42 Å². The van der Waals surface area contributed by atoms with E-state index in [0.29, 0.717) is 12.6 Å². The van der Waals surface area contributed by atoms with E-state index in [-0.39, 0.29) is 12.1 Å². The lowest BCUT2D eigenvalue weighted by atomic mass is 10.2. The Kier molecular flexibility index (Phi) is 3.57. The molecule has 0 saturated heterocycles. The molecule has 2 amide bonds. The van der Waals surface area contributed by atoms with Crippen LogP contribution in [-0.4, -0.2) is 26.4 Å². The summed E-state index contributed by atoms with van der Waals surface area (Å²) in [6.07, 6.45) is 7.67. The molecule has 6 nitrogen and oxygen atoms in total. The van der Waals surface area contributed by atoms with Crippen LogP contribution in [-0.2, 0) is 6.54 Å². The molecule has 3 aromatic rings. The molecule has 3 aromatic heterocycles. The maximum absolute atomic E-state index is 12.6. The molecule has 1 aliphatic carbocycles. The van der Waals surface area contributed by atoms with Gasteiger partial charge in [0.05, 0.1) is 24.5 Å². The van der Waals surface area contributed by atoms with Crippen LogP contribution >= 0.6 is 11.3 Å². The van der Waals surface area contributed by atoms with Crippen molar-refractivity contribution in [2.75, 3.05) is 0 Å². The first kappa shape index (κ1) is 14.3. The number of carbonyl (C=O) groups is 1. The fourth-order valence-electron chi connectivity index (χ4n) is 2.80. The highest BCUT2D eigenvalue weighted by molar-refractivity contribution is 7.15. The van der Waals surface area contributed by atoms with E-state index < -0.39 is 0 Å². The van der Waals surface area contributed by atoms with Crippen molar-refractivity contribution < 1.29 is 9.21 Å². The van der Waals surface area contributed by atoms with Gasteiger partial charge in [0.2, 0.25) is 0 Å². The number of amides is 2. The summed E-state index contributed by atoms with van der Waals surface area (Å²) in [6.45, 7) is 2.44. The van der Waals surface area contributed by atoms with Crippen LogP contribution in [0.3, 0.4) is 0 Å². The van der Waals surface area contributed by atoms with E-state index in [9.17, 15) is 4.79 Å². The molecule has 7 heteroatoms. The van der Waals surface area contributed by atoms with Crippen molar-refractivity contribution in [3.63, 3.8) is 0 Å². The van der Waals surface area contributed by atoms with Crippen LogP contribution in [0.2, 0.25) is 0 Å². The van der Waals surface area contributed by atoms with E-state index in [1.165, 1.54) is 0 Å². The largest absolute Gasteiger partial charge is 0.467 e. The molecule has 3 heterocycles. The standard InChI is InChI=1S/C16H18N4O2S/c1-11(14-3-2-7-22-14)20(13-4-5-13)15(21)17-9-12-10-19-6-8-23-16(19)18-12/h2-3,6-8,10-11,13H,4-5,9H2,1H3,(H,17,21)/t11-/m0/s1. The molecular formula is C16H18N4O2S. The third-order valence-corrected chi connectivity index (χ3v) is 4.88. The lowest BCUT2D eigenvalue weighted by molar-refractivity contribution is 0.166. The van der Waals surface area contributed by atoms with E-state index in [1.807, 2.05) is 46.1 Å². The smallest absolute Gasteiger partial charge is 0.318 e. The van der Waals surface area contributed by atoms with Crippen LogP contribution in [0.25, 0.3) is 4.96 Å². The predicted molar refractivity (Wildman–Crippen MR) is 87.3 cm³/mol. The number of imidazole rings is 1. The van der Waals surface area contributed by atoms with Crippen LogP contribution in [0.4, 0.5) is 4.79 Å². The number of thiazole rings is 1. The molecule has 1 fully saturated rings. The molecular weight excluding hydrogens is 312 g/mol. The Morgan fingerprint density at radius 2 is 2.48 bits per heavy atom. The zero-order valence-corrected chi connectivity index (χ0v) is 13.6. The second-order valence-electron chi connectivity index (χ2n) is 5.81. The molecule has 0 aliphatic heterocycles. The van der Waals surface area contributed by atoms with Gasteiger partial charge in [-0.05, 0) is 31.9 Å². The van der Waals surface area contributed by atoms with Gasteiger partial charge in [-0.15, -0.1) is 11.3 Å². The number of aromatic nitrogens is 2. The Morgan fingerprint density at radius 1 is 1.61 bits per heavy atom. The number of nitrogens with one attached hydrogen (secondary N) is 1. The normalized spacial score (nSPS) is 15.7. The number of hydrogen-bond acceptors (Lipinski definition) is 4. The summed E-state index contributed by atoms with van der Waals surface area (Å²) < 4.78 is 7.43. The van der Waals surface area contributed by atoms with E-state index in [0.717, 1.165) is 29.3 Å². The minimum atomic E-state index is -0.0667. The van der Waals surface area contributed by atoms with Crippen LogP contribution in [0, 0.1) is 0 Å². The lowest BCUT2D eigenvalue weighted by Gasteiger charge is -2.28. The van der Waals surface area contributed by atoms with Crippen LogP contribution < -0.4 is 5.32 Å². The van der Waals surface area contributed by atoms with Gasteiger partial charge >= 0.3 is 6.03 Å². The zero-order chi connectivity index (χ0) is 15.8. The minimum Gasteiger partial charge on any atom is -0.467 e. The minimum absolute atomic E-state index is 0.0623. The zero-order valence-electron chi connectivity index (χ0n) is 12.8. The maximum atomic E-state index is 12.6. The first-order chi connectivity index (χ1) is 11.2. The Bertz CT molecular complexity index is 775. The summed E-state index contributed by atoms with van der Waals surface area (Å²) in [5.41, 5.74) is 0.867. The topological polar surface area (TPSA) is 62.8 Å². The summed E-state index contributed by atoms with van der Waals surface area (Å²) in [5.74, 6) is 0.814. The van der Waals surface area contributed by atoms with Crippen molar-refractivity contribution >= 4 is 22.3 Å². The van der Waals surface area contributed by atoms with Crippen molar-refractivity contribution in [2.24, 2.45) is 0 Å². The van der Waals surface area contributed by atoms with Crippen LogP contribution in [0.1, 0.15) is 37.3 Å². The molecule has 23 heavy (non-hydrogen) atoms. The molecule has 120 valence electrons. The van der Waals surface area contributed by atoms with Crippen molar-refractivity contribution in [2.45, 2.75) is 38.4 Å². The van der Waals surface area contributed by atoms with E-state index in [2.05, 4.69) is 10.3 Å². The van der Waals surface area contributed by atoms with Gasteiger partial charge in [0, 0.05) is 23.8 Å². The summed E-state index contributed by atoms with van der Waals surface area (Å²) in [5, 5.41) is 4.98. The summed E-state index contributed by atoms with van der Waals surface area (Å²) in [7, 11) is 0. The van der Waals surface area contributed by atoms with Crippen molar-refractivity contribution in [1.29, 1.82) is 0 Å². The molecule has 1 N–H and O–H groups in total. The molecule has 1 aliphatic rings. The maximum Gasteiger partial charge on any atom is 0.318 e. The van der Waals surface area contributed by atoms with Gasteiger partial charge in [0.1, 0.15) is 5.76 Å². The molecule has 0 bridgehead atoms. The van der Waals surface area contributed by atoms with Gasteiger partial charge in [-0.2, -0.15) is 0 Å². The first-order valence-corrected chi connectivity index (χ1v) is 8.61. The molecule has 0 aromatic carbocycles. The number of furan rings is 1. The predicted octanol–water partition coefficient (Wildman–Crippen LogP) is 3.42. The fourth-order valence-corrected chi connectivity index (χ4v) is 3.51. The van der Waals surface area contributed by atoms with E-state index >= 15 is 0 Å². The molecule has 1 saturated carbocycles. The van der Waals surface area contributed by atoms with Crippen molar-refractivity contribution in [1.82, 2.24) is 19.6 Å². The van der Waals surface area contributed by atoms with Gasteiger partial charge < -0.3 is 14.6 Å². The van der Waals surface area contributed by atoms with Crippen molar-refractivity contribution in [3.8, 4) is 0 Å². The summed E-state index contributed by atoms with van der Waals surface area (Å²) >= 11 is 1.58. The highest BCUT2D eigenvalue weighted by Crippen LogP contribution is 2.34. The Hall–Kier alpha value is -2.28. The van der Waals surface area contributed by atoms with Gasteiger partial charge in [-0.3, -0.25) is 4.40 Å². The van der Waals surface area contributed by atoms with Gasteiger partial charge in [0.15, 0.2) is 4.96 Å². The molecule has 0 unspecified atom stereocenters. The third kappa shape index (κ3) is 2.84. The first-order valence-electron chi connectivity index (χ1n) is 7.73. The lowest BCUT2D eigenvalue weighted by Crippen LogP contribution is -2.42. The number of carbonyl (C=O) groups excluding carboxylic acids is 1. The van der Waals surface area contributed by atoms with Crippen molar-refractivity contribution in [3.05, 3.63) is 47.6 Å².